The molecule has 5 unspecified atom stereocenters. The summed E-state index contributed by atoms with van der Waals surface area (Å²) in [5, 5.41) is 40.3. The van der Waals surface area contributed by atoms with Gasteiger partial charge in [-0.15, -0.1) is 0 Å². The van der Waals surface area contributed by atoms with Gasteiger partial charge in [-0.3, -0.25) is 26.2 Å². The van der Waals surface area contributed by atoms with E-state index in [0.717, 1.165) is 96.1 Å². The van der Waals surface area contributed by atoms with Gasteiger partial charge in [0.05, 0.1) is 111 Å². The van der Waals surface area contributed by atoms with Crippen molar-refractivity contribution in [2.24, 2.45) is 23.2 Å². The molecule has 7 fully saturated rings. The first-order valence-corrected chi connectivity index (χ1v) is 48.1. The number of amides is 6. The van der Waals surface area contributed by atoms with Crippen molar-refractivity contribution in [3.8, 4) is 45.5 Å². The van der Waals surface area contributed by atoms with Gasteiger partial charge < -0.3 is 113 Å². The fourth-order valence-electron chi connectivity index (χ4n) is 15.6. The highest BCUT2D eigenvalue weighted by atomic mass is 35.5. The number of sulfone groups is 1. The number of hydrogen-bond donors (Lipinski definition) is 14. The SMILES string of the molecule is C1CC2OC2C1.CC(C)(C)OC(=O)N[C@H]1CCCC1N.CC(C)(C)OC(=O)N[C@H]1CCCC1N1C(=O)c2ccccc2C1=O.CC(C)(C)OC(=O)N[C@H]1CCC[C@@H]1O.COc1cc(OC)c(Cl)c(Nc2ncccc2-c2cc(NC3CCC[C@@H]3NC(=O)OC(C)(C)C)ncn2)c1Cl.COc1cc(OC)c(Cl)c(Nc2ncccc2-c2cc(S(C)(=O)=O)ncn2)c1Cl.N.NN.N[C@H]1CCC[C@@H]1O.O. The van der Waals surface area contributed by atoms with Crippen molar-refractivity contribution in [1.82, 2.24) is 62.2 Å². The molecule has 6 saturated carbocycles. The highest BCUT2D eigenvalue weighted by Crippen LogP contribution is 2.48. The number of hydrazine groups is 1. The molecule has 7 aromatic rings. The maximum atomic E-state index is 12.6. The Balaban J connectivity index is 0.000000261. The van der Waals surface area contributed by atoms with Crippen molar-refractivity contribution in [3.63, 3.8) is 0 Å². The second-order valence-corrected chi connectivity index (χ2v) is 40.5. The van der Waals surface area contributed by atoms with E-state index in [9.17, 15) is 42.3 Å². The van der Waals surface area contributed by atoms with E-state index in [2.05, 4.69) is 78.8 Å². The number of methoxy groups -OCH3 is 4. The van der Waals surface area contributed by atoms with Crippen LogP contribution in [0.15, 0.2) is 103 Å². The number of pyridine rings is 2. The highest BCUT2D eigenvalue weighted by Gasteiger charge is 2.46. The molecular formula is C93H137Cl4N19O20S. The molecule has 12 atom stereocenters. The standard InChI is InChI=1S/C27H32Cl2N6O4.C18H16Cl2N4O4S.C18H22N2O4.C10H20N2O2.C10H19NO3.C5H11NO.C5H8O.H4N2.H3N.H2O/c1-27(2,3)39-26(36)34-17-10-6-9-16(17)33-21-12-18(31-14-32-21)15-8-7-11-30-25(15)35-24-22(28)19(37-4)13-20(38-5)23(24)29;1-27-12-8-13(28-2)16(20)17(15(12)19)24-18-10(5-4-6-21-18)11-7-14(23-9-22-11)29(3,25)26;1-18(2,3)24-17(23)19-13-9-6-10-14(13)20-15(21)11-7-4-5-8-12(11)16(20)22;1-10(2,3)14-9(13)12-8-6-4-5-7(8)11;1-10(2,3)14-9(13)11-7-5-4-6-8(7)12;6-4-2-1-3-5(4)7;1-2-4-5(3-1)6-4;1-2;;/h7-8,11-14,16-17H,6,9-10H2,1-5H3,(H,30,35)(H,34,36)(H,31,32,33);4-9H,1-3H3,(H,21,24);4-5,7-8,13-14H,6,9-10H2,1-3H3,(H,19,23);7-8H,4-6,11H2,1-3H3,(H,12,13);7-8,12H,4-6H2,1-3H3,(H,11,13);4-5,7H,1-3,6H2;4-5H,1-3H2;1-2H2;1H3;1H2/t16?,17-;;13-,14?;7?,8-;7-,8-;4-,5-;;;;/m0.0000..../s1. The fraction of sp³-hybridized carbons (Fsp3) is 0.548. The molecule has 1 saturated heterocycles. The number of ether oxygens (including phenoxy) is 9. The van der Waals surface area contributed by atoms with Gasteiger partial charge in [0.25, 0.3) is 11.8 Å². The molecule has 44 heteroatoms. The lowest BCUT2D eigenvalue weighted by molar-refractivity contribution is 0.0431. The first-order valence-electron chi connectivity index (χ1n) is 44.7. The number of alkyl carbamates (subject to hydrolysis) is 4. The zero-order valence-corrected chi connectivity index (χ0v) is 84.6. The molecule has 0 spiro atoms. The van der Waals surface area contributed by atoms with Gasteiger partial charge in [0, 0.05) is 78.2 Å². The number of nitrogens with one attached hydrogen (secondary N) is 7. The van der Waals surface area contributed by atoms with E-state index in [-0.39, 0.29) is 109 Å². The number of hydrogen-bond acceptors (Lipinski definition) is 33. The molecule has 22 N–H and O–H groups in total. The van der Waals surface area contributed by atoms with Crippen molar-refractivity contribution >= 4 is 121 Å². The summed E-state index contributed by atoms with van der Waals surface area (Å²) in [6.07, 6.45) is 23.6. The lowest BCUT2D eigenvalue weighted by Crippen LogP contribution is -2.51. The normalized spacial score (nSPS) is 21.4. The van der Waals surface area contributed by atoms with Crippen LogP contribution < -0.4 is 85.5 Å². The number of aliphatic hydroxyl groups excluding tert-OH is 2. The summed E-state index contributed by atoms with van der Waals surface area (Å²) in [7, 11) is 2.46. The monoisotopic (exact) mass is 2010 g/mol. The van der Waals surface area contributed by atoms with Crippen LogP contribution in [-0.2, 0) is 33.5 Å². The Kier molecular flexibility index (Phi) is 44.3. The molecule has 0 radical (unpaired) electrons. The Hall–Kier alpha value is -10.3. The largest absolute Gasteiger partial charge is 0.495 e. The average Bonchev–Trinajstić information content (AvgIpc) is 1.64. The molecule has 8 aliphatic rings. The van der Waals surface area contributed by atoms with Crippen molar-refractivity contribution in [2.75, 3.05) is 50.6 Å². The zero-order chi connectivity index (χ0) is 99.6. The maximum absolute atomic E-state index is 12.6. The lowest BCUT2D eigenvalue weighted by Gasteiger charge is -2.29. The van der Waals surface area contributed by atoms with Crippen LogP contribution in [0.5, 0.6) is 23.0 Å². The topological polar surface area (TPSA) is 599 Å². The third-order valence-corrected chi connectivity index (χ3v) is 24.5. The third-order valence-electron chi connectivity index (χ3n) is 22.0. The summed E-state index contributed by atoms with van der Waals surface area (Å²) in [4.78, 5) is 99.3. The van der Waals surface area contributed by atoms with Gasteiger partial charge in [-0.1, -0.05) is 58.5 Å². The smallest absolute Gasteiger partial charge is 0.407 e. The molecular weight excluding hydrogens is 1880 g/mol. The van der Waals surface area contributed by atoms with Gasteiger partial charge in [-0.2, -0.15) is 0 Å². The first-order chi connectivity index (χ1) is 63.7. The highest BCUT2D eigenvalue weighted by molar-refractivity contribution is 7.90. The second-order valence-electron chi connectivity index (χ2n) is 37.0. The van der Waals surface area contributed by atoms with Gasteiger partial charge in [-0.25, -0.2) is 57.5 Å². The Morgan fingerprint density at radius 2 is 0.803 bits per heavy atom. The number of fused-ring (bicyclic) bond motifs is 2. The number of aliphatic hydroxyl groups is 2. The summed E-state index contributed by atoms with van der Waals surface area (Å²) in [6.45, 7) is 21.9. The van der Waals surface area contributed by atoms with Gasteiger partial charge >= 0.3 is 24.4 Å². The quantitative estimate of drug-likeness (QED) is 0.00947. The van der Waals surface area contributed by atoms with Gasteiger partial charge in [0.15, 0.2) is 14.9 Å². The molecule has 39 nitrogen and oxygen atoms in total. The van der Waals surface area contributed by atoms with Crippen LogP contribution in [0.2, 0.25) is 20.1 Å². The Morgan fingerprint density at radius 3 is 1.18 bits per heavy atom. The molecule has 0 bridgehead atoms. The van der Waals surface area contributed by atoms with Crippen LogP contribution in [0.4, 0.5) is 48.0 Å². The lowest BCUT2D eigenvalue weighted by atomic mass is 10.1. The number of benzene rings is 3. The van der Waals surface area contributed by atoms with E-state index in [4.69, 9.17) is 106 Å². The molecule has 15 rings (SSSR count). The van der Waals surface area contributed by atoms with Crippen molar-refractivity contribution in [1.29, 1.82) is 0 Å². The molecule has 758 valence electrons. The summed E-state index contributed by atoms with van der Waals surface area (Å²) in [5.41, 5.74) is 13.0. The van der Waals surface area contributed by atoms with E-state index >= 15 is 0 Å². The minimum absolute atomic E-state index is 0. The summed E-state index contributed by atoms with van der Waals surface area (Å²) in [5.74, 6) is 10.4. The molecule has 6 amide bonds. The number of nitrogens with zero attached hydrogens (tertiary/aromatic N) is 7. The number of carbonyl (C=O) groups is 6. The van der Waals surface area contributed by atoms with Gasteiger partial charge in [0.1, 0.15) is 95.6 Å². The van der Waals surface area contributed by atoms with Crippen LogP contribution in [0.1, 0.15) is 219 Å². The number of epoxide rings is 1. The Morgan fingerprint density at radius 1 is 0.445 bits per heavy atom. The Bertz CT molecular complexity index is 5120. The fourth-order valence-corrected chi connectivity index (χ4v) is 17.4. The number of anilines is 5. The van der Waals surface area contributed by atoms with E-state index in [0.29, 0.717) is 104 Å². The van der Waals surface area contributed by atoms with Crippen molar-refractivity contribution in [2.45, 2.75) is 299 Å². The van der Waals surface area contributed by atoms with E-state index in [1.165, 1.54) is 71.3 Å². The van der Waals surface area contributed by atoms with E-state index in [1.807, 2.05) is 80.5 Å². The van der Waals surface area contributed by atoms with Crippen molar-refractivity contribution < 1.29 is 95.5 Å². The van der Waals surface area contributed by atoms with Gasteiger partial charge in [0.2, 0.25) is 0 Å². The van der Waals surface area contributed by atoms with Gasteiger partial charge in [-0.05, 0) is 235 Å². The zero-order valence-electron chi connectivity index (χ0n) is 80.8. The number of nitrogens with two attached hydrogens (primary N) is 4. The number of carbonyl (C=O) groups excluding carboxylic acids is 6. The molecule has 3 aromatic carbocycles. The summed E-state index contributed by atoms with van der Waals surface area (Å²) >= 11 is 26.0. The predicted molar refractivity (Wildman–Crippen MR) is 527 cm³/mol. The number of imide groups is 1. The van der Waals surface area contributed by atoms with E-state index in [1.54, 1.807) is 81.7 Å². The number of aromatic nitrogens is 6. The molecule has 137 heavy (non-hydrogen) atoms. The van der Waals surface area contributed by atoms with Crippen LogP contribution in [-0.4, -0.2) is 225 Å². The number of halogens is 4. The van der Waals surface area contributed by atoms with Crippen LogP contribution in [0.25, 0.3) is 22.5 Å². The summed E-state index contributed by atoms with van der Waals surface area (Å²) in [6, 6.07) is 19.7. The third kappa shape index (κ3) is 34.9. The molecule has 6 heterocycles. The Labute approximate surface area is 821 Å². The maximum Gasteiger partial charge on any atom is 0.407 e. The van der Waals surface area contributed by atoms with Crippen molar-refractivity contribution in [3.05, 3.63) is 129 Å². The van der Waals surface area contributed by atoms with E-state index < -0.39 is 56.6 Å². The second kappa shape index (κ2) is 52.6. The summed E-state index contributed by atoms with van der Waals surface area (Å²) < 4.78 is 71.1. The molecule has 4 aromatic heterocycles. The minimum atomic E-state index is -3.50. The average molecular weight is 2020 g/mol. The van der Waals surface area contributed by atoms with Crippen LogP contribution >= 0.6 is 46.4 Å². The molecule has 2 aliphatic heterocycles. The minimum Gasteiger partial charge on any atom is -0.495 e. The van der Waals surface area contributed by atoms with Crippen LogP contribution in [0.3, 0.4) is 0 Å². The van der Waals surface area contributed by atoms with Crippen LogP contribution in [0, 0.1) is 0 Å². The molecule has 6 aliphatic carbocycles. The first kappa shape index (κ1) is 115. The number of rotatable bonds is 18. The predicted octanol–water partition coefficient (Wildman–Crippen LogP) is 15.0.